The van der Waals surface area contributed by atoms with Gasteiger partial charge in [0.2, 0.25) is 0 Å². The van der Waals surface area contributed by atoms with Crippen molar-refractivity contribution in [1.29, 1.82) is 0 Å². The number of carbonyl (C=O) groups is 1. The molecule has 7 heteroatoms. The summed E-state index contributed by atoms with van der Waals surface area (Å²) in [4.78, 5) is 20.9. The van der Waals surface area contributed by atoms with Crippen LogP contribution in [-0.2, 0) is 9.63 Å². The average molecular weight is 469 g/mol. The lowest BCUT2D eigenvalue weighted by Crippen LogP contribution is -2.26. The smallest absolute Gasteiger partial charge is 0.258 e. The van der Waals surface area contributed by atoms with Crippen molar-refractivity contribution in [2.24, 2.45) is 5.16 Å². The van der Waals surface area contributed by atoms with Gasteiger partial charge in [0.1, 0.15) is 12.3 Å². The third kappa shape index (κ3) is 3.87. The largest absolute Gasteiger partial charge is 0.394 e. The fraction of sp³-hybridized carbons (Fsp3) is 0.304. The summed E-state index contributed by atoms with van der Waals surface area (Å²) in [5.74, 6) is -0.147. The molecule has 6 nitrogen and oxygen atoms in total. The first-order valence-electron chi connectivity index (χ1n) is 10.2. The van der Waals surface area contributed by atoms with Gasteiger partial charge in [-0.3, -0.25) is 4.79 Å². The highest BCUT2D eigenvalue weighted by Crippen LogP contribution is 2.40. The summed E-state index contributed by atoms with van der Waals surface area (Å²) in [5, 5.41) is 10.8. The second kappa shape index (κ2) is 8.62. The van der Waals surface area contributed by atoms with Gasteiger partial charge in [-0.25, -0.2) is 0 Å². The van der Waals surface area contributed by atoms with E-state index >= 15 is 0 Å². The number of benzene rings is 2. The molecule has 2 N–H and O–H groups in total. The Morgan fingerprint density at radius 1 is 1.03 bits per heavy atom. The Bertz CT molecular complexity index is 1060. The molecule has 1 amide bonds. The van der Waals surface area contributed by atoms with Crippen molar-refractivity contribution >= 4 is 44.5 Å². The zero-order valence-corrected chi connectivity index (χ0v) is 19.0. The van der Waals surface area contributed by atoms with Crippen LogP contribution in [0, 0.1) is 6.92 Å². The molecule has 0 unspecified atom stereocenters. The number of carbonyl (C=O) groups excluding carboxylic acids is 1. The number of aryl methyl sites for hydroxylation is 1. The van der Waals surface area contributed by atoms with Crippen LogP contribution in [0.3, 0.4) is 0 Å². The van der Waals surface area contributed by atoms with Gasteiger partial charge in [0.05, 0.1) is 17.0 Å². The Morgan fingerprint density at radius 3 is 2.60 bits per heavy atom. The molecule has 0 saturated heterocycles. The summed E-state index contributed by atoms with van der Waals surface area (Å²) in [6.07, 6.45) is 0. The van der Waals surface area contributed by atoms with E-state index < -0.39 is 0 Å². The van der Waals surface area contributed by atoms with Crippen LogP contribution in [0.1, 0.15) is 30.5 Å². The number of halogens is 1. The molecule has 0 atom stereocenters. The number of rotatable bonds is 6. The van der Waals surface area contributed by atoms with Crippen LogP contribution >= 0.6 is 15.9 Å². The number of fused-ring (bicyclic) bond motifs is 2. The molecular formula is C23H25BrN4O2. The van der Waals surface area contributed by atoms with Gasteiger partial charge in [-0.2, -0.15) is 0 Å². The Hall–Kier alpha value is -2.64. The summed E-state index contributed by atoms with van der Waals surface area (Å²) < 4.78 is 0.916. The van der Waals surface area contributed by atoms with E-state index in [2.05, 4.69) is 56.5 Å². The maximum absolute atomic E-state index is 12.9. The Morgan fingerprint density at radius 2 is 1.83 bits per heavy atom. The highest BCUT2D eigenvalue weighted by atomic mass is 79.9. The van der Waals surface area contributed by atoms with Crippen molar-refractivity contribution in [3.8, 4) is 0 Å². The zero-order chi connectivity index (χ0) is 21.3. The minimum absolute atomic E-state index is 0.147. The molecule has 2 heterocycles. The maximum atomic E-state index is 12.9. The normalized spacial score (nSPS) is 18.4. The lowest BCUT2D eigenvalue weighted by atomic mass is 10.0. The minimum Gasteiger partial charge on any atom is -0.394 e. The summed E-state index contributed by atoms with van der Waals surface area (Å²) in [6.45, 7) is 9.55. The van der Waals surface area contributed by atoms with Gasteiger partial charge in [0.15, 0.2) is 0 Å². The average Bonchev–Trinajstić information content (AvgIpc) is 3.23. The number of allylic oxidation sites excluding steroid dienone is 1. The Labute approximate surface area is 185 Å². The van der Waals surface area contributed by atoms with Gasteiger partial charge < -0.3 is 20.4 Å². The van der Waals surface area contributed by atoms with Gasteiger partial charge >= 0.3 is 0 Å². The first kappa shape index (κ1) is 20.6. The van der Waals surface area contributed by atoms with Crippen LogP contribution in [0.15, 0.2) is 51.7 Å². The fourth-order valence-electron chi connectivity index (χ4n) is 3.78. The summed E-state index contributed by atoms with van der Waals surface area (Å²) in [6, 6.07) is 11.9. The molecule has 2 aromatic rings. The van der Waals surface area contributed by atoms with Gasteiger partial charge in [0.25, 0.3) is 5.91 Å². The lowest BCUT2D eigenvalue weighted by molar-refractivity contribution is -0.110. The molecule has 0 fully saturated rings. The number of oxime groups is 1. The fourth-order valence-corrected chi connectivity index (χ4v) is 4.14. The molecule has 2 aliphatic rings. The van der Waals surface area contributed by atoms with Crippen molar-refractivity contribution in [1.82, 2.24) is 4.90 Å². The van der Waals surface area contributed by atoms with Crippen molar-refractivity contribution in [2.75, 3.05) is 36.9 Å². The second-order valence-electron chi connectivity index (χ2n) is 7.37. The van der Waals surface area contributed by atoms with E-state index in [0.29, 0.717) is 23.6 Å². The molecule has 156 valence electrons. The quantitative estimate of drug-likeness (QED) is 0.369. The number of hydrogen-bond acceptors (Lipinski definition) is 5. The molecule has 2 aliphatic heterocycles. The summed E-state index contributed by atoms with van der Waals surface area (Å²) in [5.41, 5.74) is 6.55. The number of likely N-dealkylation sites (N-methyl/N-ethyl adjacent to an activating group) is 1. The van der Waals surface area contributed by atoms with Crippen LogP contribution in [0.4, 0.5) is 11.4 Å². The van der Waals surface area contributed by atoms with E-state index in [9.17, 15) is 4.79 Å². The molecule has 0 aromatic heterocycles. The van der Waals surface area contributed by atoms with Crippen LogP contribution < -0.4 is 10.6 Å². The van der Waals surface area contributed by atoms with Gasteiger partial charge in [-0.05, 0) is 44.3 Å². The molecule has 0 spiro atoms. The van der Waals surface area contributed by atoms with Gasteiger partial charge in [-0.15, -0.1) is 0 Å². The predicted molar refractivity (Wildman–Crippen MR) is 125 cm³/mol. The number of nitrogens with zero attached hydrogens (tertiary/aromatic N) is 2. The third-order valence-corrected chi connectivity index (χ3v) is 5.95. The molecule has 4 rings (SSSR count). The van der Waals surface area contributed by atoms with E-state index in [1.54, 1.807) is 0 Å². The van der Waals surface area contributed by atoms with E-state index in [-0.39, 0.29) is 5.91 Å². The van der Waals surface area contributed by atoms with Crippen LogP contribution in [0.25, 0.3) is 5.57 Å². The zero-order valence-electron chi connectivity index (χ0n) is 17.4. The van der Waals surface area contributed by atoms with Crippen molar-refractivity contribution in [3.05, 3.63) is 63.3 Å². The predicted octanol–water partition coefficient (Wildman–Crippen LogP) is 4.61. The highest BCUT2D eigenvalue weighted by Gasteiger charge is 2.34. The number of amides is 1. The maximum Gasteiger partial charge on any atom is 0.258 e. The molecule has 30 heavy (non-hydrogen) atoms. The number of anilines is 2. The molecule has 2 aromatic carbocycles. The van der Waals surface area contributed by atoms with Crippen LogP contribution in [0.5, 0.6) is 0 Å². The highest BCUT2D eigenvalue weighted by molar-refractivity contribution is 9.10. The molecule has 0 radical (unpaired) electrons. The molecule has 0 saturated carbocycles. The lowest BCUT2D eigenvalue weighted by Gasteiger charge is -2.16. The molecule has 0 aliphatic carbocycles. The molecule has 0 bridgehead atoms. The Balaban J connectivity index is 1.73. The van der Waals surface area contributed by atoms with Crippen LogP contribution in [-0.4, -0.2) is 42.8 Å². The minimum atomic E-state index is -0.147. The first-order valence-corrected chi connectivity index (χ1v) is 11.0. The summed E-state index contributed by atoms with van der Waals surface area (Å²) >= 11 is 3.47. The topological polar surface area (TPSA) is 66.0 Å². The third-order valence-electron chi connectivity index (χ3n) is 5.45. The monoisotopic (exact) mass is 468 g/mol. The standard InChI is InChI=1S/C23H25BrN4O2/c1-4-28(5-2)10-11-30-27-21-17-12-14(3)6-9-18(17)25-22(21)20-16-8-7-15(24)13-19(16)26-23(20)29/h6-9,12-13,25H,4-5,10-11H2,1-3H3,(H,26,29)/b22-20-,27-21+. The first-order chi connectivity index (χ1) is 14.5. The van der Waals surface area contributed by atoms with E-state index in [0.717, 1.165) is 52.2 Å². The molecular weight excluding hydrogens is 444 g/mol. The number of nitrogens with one attached hydrogen (secondary N) is 2. The van der Waals surface area contributed by atoms with Crippen LogP contribution in [0.2, 0.25) is 0 Å². The van der Waals surface area contributed by atoms with Gasteiger partial charge in [0, 0.05) is 27.8 Å². The SMILES string of the molecule is CCN(CC)CCO/N=C1/C(=C2/C(=O)Nc3cc(Br)ccc32)Nc2ccc(C)cc21. The van der Waals surface area contributed by atoms with E-state index in [1.165, 1.54) is 0 Å². The second-order valence-corrected chi connectivity index (χ2v) is 8.28. The summed E-state index contributed by atoms with van der Waals surface area (Å²) in [7, 11) is 0. The van der Waals surface area contributed by atoms with E-state index in [1.807, 2.05) is 37.3 Å². The van der Waals surface area contributed by atoms with E-state index in [4.69, 9.17) is 4.84 Å². The Kier molecular flexibility index (Phi) is 5.92. The number of hydrogen-bond donors (Lipinski definition) is 2. The van der Waals surface area contributed by atoms with Crippen molar-refractivity contribution < 1.29 is 9.63 Å². The van der Waals surface area contributed by atoms with Crippen molar-refractivity contribution in [2.45, 2.75) is 20.8 Å². The van der Waals surface area contributed by atoms with Gasteiger partial charge in [-0.1, -0.05) is 52.6 Å². The van der Waals surface area contributed by atoms with Crippen molar-refractivity contribution in [3.63, 3.8) is 0 Å².